The highest BCUT2D eigenvalue weighted by atomic mass is 16.5. The molecule has 2 atom stereocenters. The van der Waals surface area contributed by atoms with Gasteiger partial charge < -0.3 is 10.1 Å². The van der Waals surface area contributed by atoms with Crippen LogP contribution < -0.4 is 10.1 Å². The SMILES string of the molecule is CCOc1cccc(/C=C(/C#N)C(=O)NC2CCCCC2C)c1. The topological polar surface area (TPSA) is 62.1 Å². The lowest BCUT2D eigenvalue weighted by Crippen LogP contribution is -2.41. The van der Waals surface area contributed by atoms with Crippen LogP contribution in [0.15, 0.2) is 29.8 Å². The van der Waals surface area contributed by atoms with Gasteiger partial charge in [0.1, 0.15) is 17.4 Å². The van der Waals surface area contributed by atoms with Crippen molar-refractivity contribution in [1.82, 2.24) is 5.32 Å². The van der Waals surface area contributed by atoms with Crippen LogP contribution in [0.3, 0.4) is 0 Å². The average molecular weight is 312 g/mol. The lowest BCUT2D eigenvalue weighted by atomic mass is 9.86. The third kappa shape index (κ3) is 4.85. The van der Waals surface area contributed by atoms with Crippen LogP contribution in [0.2, 0.25) is 0 Å². The van der Waals surface area contributed by atoms with E-state index in [1.807, 2.05) is 37.3 Å². The van der Waals surface area contributed by atoms with Crippen molar-refractivity contribution in [2.24, 2.45) is 5.92 Å². The van der Waals surface area contributed by atoms with Crippen molar-refractivity contribution in [3.8, 4) is 11.8 Å². The van der Waals surface area contributed by atoms with Crippen LogP contribution in [0.4, 0.5) is 0 Å². The fourth-order valence-corrected chi connectivity index (χ4v) is 2.95. The number of rotatable bonds is 5. The molecule has 1 N–H and O–H groups in total. The number of nitrogens with one attached hydrogen (secondary N) is 1. The van der Waals surface area contributed by atoms with Gasteiger partial charge in [-0.25, -0.2) is 0 Å². The van der Waals surface area contributed by atoms with E-state index in [9.17, 15) is 10.1 Å². The van der Waals surface area contributed by atoms with E-state index < -0.39 is 0 Å². The van der Waals surface area contributed by atoms with Gasteiger partial charge in [-0.2, -0.15) is 5.26 Å². The summed E-state index contributed by atoms with van der Waals surface area (Å²) in [7, 11) is 0. The predicted molar refractivity (Wildman–Crippen MR) is 90.8 cm³/mol. The van der Waals surface area contributed by atoms with Crippen molar-refractivity contribution < 1.29 is 9.53 Å². The molecule has 1 amide bonds. The summed E-state index contributed by atoms with van der Waals surface area (Å²) >= 11 is 0. The molecule has 1 fully saturated rings. The highest BCUT2D eigenvalue weighted by Crippen LogP contribution is 2.24. The summed E-state index contributed by atoms with van der Waals surface area (Å²) < 4.78 is 5.45. The van der Waals surface area contributed by atoms with Crippen molar-refractivity contribution in [2.45, 2.75) is 45.6 Å². The summed E-state index contributed by atoms with van der Waals surface area (Å²) in [5.74, 6) is 0.918. The highest BCUT2D eigenvalue weighted by Gasteiger charge is 2.23. The van der Waals surface area contributed by atoms with Gasteiger partial charge in [-0.05, 0) is 49.5 Å². The normalized spacial score (nSPS) is 21.3. The molecule has 0 aromatic heterocycles. The van der Waals surface area contributed by atoms with Crippen LogP contribution in [0, 0.1) is 17.2 Å². The van der Waals surface area contributed by atoms with Crippen LogP contribution in [-0.2, 0) is 4.79 Å². The molecule has 2 rings (SSSR count). The first-order valence-electron chi connectivity index (χ1n) is 8.29. The summed E-state index contributed by atoms with van der Waals surface area (Å²) in [6, 6.07) is 9.58. The lowest BCUT2D eigenvalue weighted by Gasteiger charge is -2.29. The number of carbonyl (C=O) groups excluding carboxylic acids is 1. The Hall–Kier alpha value is -2.28. The number of benzene rings is 1. The van der Waals surface area contributed by atoms with E-state index in [0.29, 0.717) is 12.5 Å². The Morgan fingerprint density at radius 2 is 2.22 bits per heavy atom. The van der Waals surface area contributed by atoms with Crippen LogP contribution in [0.1, 0.15) is 45.1 Å². The standard InChI is InChI=1S/C19H24N2O2/c1-3-23-17-9-6-8-15(12-17)11-16(13-20)19(22)21-18-10-5-4-7-14(18)2/h6,8-9,11-12,14,18H,3-5,7,10H2,1-2H3,(H,21,22)/b16-11-. The Balaban J connectivity index is 2.10. The number of carbonyl (C=O) groups is 1. The largest absolute Gasteiger partial charge is 0.494 e. The second-order valence-electron chi connectivity index (χ2n) is 6.02. The van der Waals surface area contributed by atoms with Gasteiger partial charge >= 0.3 is 0 Å². The molecule has 1 aliphatic rings. The summed E-state index contributed by atoms with van der Waals surface area (Å²) in [5, 5.41) is 12.3. The highest BCUT2D eigenvalue weighted by molar-refractivity contribution is 6.01. The molecule has 0 heterocycles. The van der Waals surface area contributed by atoms with Gasteiger partial charge in [0.25, 0.3) is 5.91 Å². The molecule has 1 aromatic carbocycles. The Bertz CT molecular complexity index is 616. The Morgan fingerprint density at radius 1 is 1.43 bits per heavy atom. The van der Waals surface area contributed by atoms with Crippen molar-refractivity contribution >= 4 is 12.0 Å². The Morgan fingerprint density at radius 3 is 2.91 bits per heavy atom. The lowest BCUT2D eigenvalue weighted by molar-refractivity contribution is -0.118. The van der Waals surface area contributed by atoms with Crippen LogP contribution >= 0.6 is 0 Å². The molecule has 1 aliphatic carbocycles. The summed E-state index contributed by atoms with van der Waals surface area (Å²) in [4.78, 5) is 12.4. The Kier molecular flexibility index (Phi) is 6.22. The number of hydrogen-bond acceptors (Lipinski definition) is 3. The smallest absolute Gasteiger partial charge is 0.262 e. The fourth-order valence-electron chi connectivity index (χ4n) is 2.95. The molecule has 0 aliphatic heterocycles. The van der Waals surface area contributed by atoms with E-state index in [4.69, 9.17) is 4.74 Å². The van der Waals surface area contributed by atoms with Crippen LogP contribution in [0.5, 0.6) is 5.75 Å². The third-order valence-corrected chi connectivity index (χ3v) is 4.27. The zero-order valence-corrected chi connectivity index (χ0v) is 13.8. The minimum Gasteiger partial charge on any atom is -0.494 e. The fraction of sp³-hybridized carbons (Fsp3) is 0.474. The molecule has 1 aromatic rings. The van der Waals surface area contributed by atoms with Gasteiger partial charge in [-0.3, -0.25) is 4.79 Å². The van der Waals surface area contributed by atoms with Gasteiger partial charge in [-0.1, -0.05) is 31.9 Å². The number of ether oxygens (including phenoxy) is 1. The van der Waals surface area contributed by atoms with Gasteiger partial charge in [-0.15, -0.1) is 0 Å². The molecular weight excluding hydrogens is 288 g/mol. The number of hydrogen-bond donors (Lipinski definition) is 1. The van der Waals surface area contributed by atoms with Crippen LogP contribution in [0.25, 0.3) is 6.08 Å². The van der Waals surface area contributed by atoms with E-state index in [-0.39, 0.29) is 17.5 Å². The first-order chi connectivity index (χ1) is 11.1. The maximum absolute atomic E-state index is 12.4. The molecule has 0 radical (unpaired) electrons. The van der Waals surface area contributed by atoms with Gasteiger partial charge in [0.15, 0.2) is 0 Å². The zero-order valence-electron chi connectivity index (χ0n) is 13.8. The molecule has 4 nitrogen and oxygen atoms in total. The average Bonchev–Trinajstić information content (AvgIpc) is 2.55. The predicted octanol–water partition coefficient (Wildman–Crippen LogP) is 3.69. The van der Waals surface area contributed by atoms with Gasteiger partial charge in [0.05, 0.1) is 6.61 Å². The maximum Gasteiger partial charge on any atom is 0.262 e. The van der Waals surface area contributed by atoms with E-state index in [1.165, 1.54) is 6.42 Å². The second kappa shape index (κ2) is 8.38. The zero-order chi connectivity index (χ0) is 16.7. The molecule has 0 bridgehead atoms. The number of amides is 1. The summed E-state index contributed by atoms with van der Waals surface area (Å²) in [6.45, 7) is 4.66. The van der Waals surface area contributed by atoms with Gasteiger partial charge in [0.2, 0.25) is 0 Å². The third-order valence-electron chi connectivity index (χ3n) is 4.27. The quantitative estimate of drug-likeness (QED) is 0.666. The van der Waals surface area contributed by atoms with Crippen molar-refractivity contribution in [3.05, 3.63) is 35.4 Å². The van der Waals surface area contributed by atoms with E-state index >= 15 is 0 Å². The number of nitriles is 1. The first kappa shape index (κ1) is 17.1. The second-order valence-corrected chi connectivity index (χ2v) is 6.02. The van der Waals surface area contributed by atoms with Crippen LogP contribution in [-0.4, -0.2) is 18.6 Å². The maximum atomic E-state index is 12.4. The van der Waals surface area contributed by atoms with E-state index in [0.717, 1.165) is 30.6 Å². The molecule has 1 saturated carbocycles. The minimum absolute atomic E-state index is 0.136. The molecular formula is C19H24N2O2. The van der Waals surface area contributed by atoms with Crippen molar-refractivity contribution in [2.75, 3.05) is 6.61 Å². The molecule has 0 spiro atoms. The monoisotopic (exact) mass is 312 g/mol. The summed E-state index contributed by atoms with van der Waals surface area (Å²) in [6.07, 6.45) is 6.10. The van der Waals surface area contributed by atoms with E-state index in [2.05, 4.69) is 12.2 Å². The molecule has 23 heavy (non-hydrogen) atoms. The Labute approximate surface area is 138 Å². The number of nitrogens with zero attached hydrogens (tertiary/aromatic N) is 1. The molecule has 2 unspecified atom stereocenters. The van der Waals surface area contributed by atoms with Crippen molar-refractivity contribution in [1.29, 1.82) is 5.26 Å². The molecule has 4 heteroatoms. The van der Waals surface area contributed by atoms with Crippen molar-refractivity contribution in [3.63, 3.8) is 0 Å². The van der Waals surface area contributed by atoms with E-state index in [1.54, 1.807) is 6.08 Å². The minimum atomic E-state index is -0.284. The summed E-state index contributed by atoms with van der Waals surface area (Å²) in [5.41, 5.74) is 0.927. The molecule has 0 saturated heterocycles. The van der Waals surface area contributed by atoms with Gasteiger partial charge in [0, 0.05) is 6.04 Å². The first-order valence-corrected chi connectivity index (χ1v) is 8.29. The molecule has 122 valence electrons.